The van der Waals surface area contributed by atoms with Crippen molar-refractivity contribution in [1.29, 1.82) is 0 Å². The van der Waals surface area contributed by atoms with E-state index in [2.05, 4.69) is 5.10 Å². The second-order valence-electron chi connectivity index (χ2n) is 4.77. The molecule has 0 aromatic carbocycles. The number of halogens is 1. The number of carbonyl (C=O) groups excluding carboxylic acids is 1. The number of likely N-dealkylation sites (tertiary alicyclic amines) is 1. The normalized spacial score (nSPS) is 16.5. The van der Waals surface area contributed by atoms with Gasteiger partial charge in [-0.05, 0) is 38.3 Å². The van der Waals surface area contributed by atoms with E-state index in [0.29, 0.717) is 11.6 Å². The maximum atomic E-state index is 12.3. The van der Waals surface area contributed by atoms with E-state index in [0.717, 1.165) is 38.2 Å². The average molecular weight is 273 g/mol. The zero-order valence-electron chi connectivity index (χ0n) is 10.9. The van der Waals surface area contributed by atoms with Crippen LogP contribution in [0.3, 0.4) is 0 Å². The van der Waals surface area contributed by atoms with Crippen molar-refractivity contribution >= 4 is 18.3 Å². The van der Waals surface area contributed by atoms with E-state index in [-0.39, 0.29) is 18.3 Å². The summed E-state index contributed by atoms with van der Waals surface area (Å²) in [6.45, 7) is 4.25. The molecule has 2 N–H and O–H groups in total. The summed E-state index contributed by atoms with van der Waals surface area (Å²) in [7, 11) is 1.81. The Morgan fingerprint density at radius 2 is 2.11 bits per heavy atom. The van der Waals surface area contributed by atoms with Gasteiger partial charge in [0.2, 0.25) is 0 Å². The third kappa shape index (κ3) is 3.03. The molecule has 0 unspecified atom stereocenters. The van der Waals surface area contributed by atoms with Crippen LogP contribution in [0.4, 0.5) is 0 Å². The van der Waals surface area contributed by atoms with E-state index in [1.807, 2.05) is 24.9 Å². The van der Waals surface area contributed by atoms with E-state index in [1.54, 1.807) is 4.68 Å². The molecule has 102 valence electrons. The van der Waals surface area contributed by atoms with Crippen molar-refractivity contribution in [3.05, 3.63) is 17.5 Å². The van der Waals surface area contributed by atoms with Gasteiger partial charge in [0, 0.05) is 20.1 Å². The number of aryl methyl sites for hydroxylation is 2. The molecule has 0 aliphatic carbocycles. The van der Waals surface area contributed by atoms with Crippen LogP contribution in [0.1, 0.15) is 29.0 Å². The maximum absolute atomic E-state index is 12.3. The number of aromatic nitrogens is 2. The Hall–Kier alpha value is -1.07. The number of rotatable bonds is 2. The van der Waals surface area contributed by atoms with Gasteiger partial charge in [0.25, 0.3) is 5.91 Å². The van der Waals surface area contributed by atoms with Gasteiger partial charge in [0.1, 0.15) is 5.69 Å². The third-order valence-electron chi connectivity index (χ3n) is 3.46. The fourth-order valence-electron chi connectivity index (χ4n) is 2.34. The number of hydrogen-bond acceptors (Lipinski definition) is 3. The largest absolute Gasteiger partial charge is 0.337 e. The molecule has 2 rings (SSSR count). The lowest BCUT2D eigenvalue weighted by Crippen LogP contribution is -2.40. The van der Waals surface area contributed by atoms with E-state index in [4.69, 9.17) is 5.73 Å². The summed E-state index contributed by atoms with van der Waals surface area (Å²) >= 11 is 0. The smallest absolute Gasteiger partial charge is 0.272 e. The number of nitrogens with zero attached hydrogens (tertiary/aromatic N) is 3. The fourth-order valence-corrected chi connectivity index (χ4v) is 2.34. The van der Waals surface area contributed by atoms with Gasteiger partial charge in [0.15, 0.2) is 0 Å². The van der Waals surface area contributed by atoms with Crippen LogP contribution in [-0.2, 0) is 7.05 Å². The van der Waals surface area contributed by atoms with Crippen LogP contribution < -0.4 is 5.73 Å². The Morgan fingerprint density at radius 1 is 1.50 bits per heavy atom. The molecule has 1 aliphatic rings. The third-order valence-corrected chi connectivity index (χ3v) is 3.46. The van der Waals surface area contributed by atoms with Gasteiger partial charge >= 0.3 is 0 Å². The van der Waals surface area contributed by atoms with Crippen LogP contribution in [0, 0.1) is 12.8 Å². The molecule has 0 saturated carbocycles. The SMILES string of the molecule is Cc1cc(C(=O)N2CCC(CN)CC2)n(C)n1.Cl. The Kier molecular flexibility index (Phi) is 5.16. The first kappa shape index (κ1) is 15.0. The summed E-state index contributed by atoms with van der Waals surface area (Å²) in [5.41, 5.74) is 7.20. The minimum Gasteiger partial charge on any atom is -0.337 e. The molecule has 1 aromatic heterocycles. The molecule has 1 aromatic rings. The summed E-state index contributed by atoms with van der Waals surface area (Å²) in [4.78, 5) is 14.2. The Morgan fingerprint density at radius 3 is 2.56 bits per heavy atom. The Balaban J connectivity index is 0.00000162. The first-order valence-corrected chi connectivity index (χ1v) is 6.11. The number of nitrogens with two attached hydrogens (primary N) is 1. The quantitative estimate of drug-likeness (QED) is 0.872. The van der Waals surface area contributed by atoms with Gasteiger partial charge in [-0.3, -0.25) is 9.48 Å². The van der Waals surface area contributed by atoms with Crippen LogP contribution in [0.5, 0.6) is 0 Å². The number of piperidine rings is 1. The number of amides is 1. The predicted octanol–water partition coefficient (Wildman–Crippen LogP) is 0.961. The zero-order valence-corrected chi connectivity index (χ0v) is 11.7. The first-order valence-electron chi connectivity index (χ1n) is 6.11. The van der Waals surface area contributed by atoms with Crippen molar-refractivity contribution in [1.82, 2.24) is 14.7 Å². The summed E-state index contributed by atoms with van der Waals surface area (Å²) in [5, 5.41) is 4.21. The molecule has 5 nitrogen and oxygen atoms in total. The average Bonchev–Trinajstić information content (AvgIpc) is 2.68. The highest BCUT2D eigenvalue weighted by Crippen LogP contribution is 2.18. The van der Waals surface area contributed by atoms with Crippen molar-refractivity contribution in [3.63, 3.8) is 0 Å². The first-order chi connectivity index (χ1) is 8.11. The Labute approximate surface area is 114 Å². The topological polar surface area (TPSA) is 64.2 Å². The highest BCUT2D eigenvalue weighted by molar-refractivity contribution is 5.92. The second kappa shape index (κ2) is 6.20. The summed E-state index contributed by atoms with van der Waals surface area (Å²) < 4.78 is 1.66. The van der Waals surface area contributed by atoms with Crippen LogP contribution in [0.2, 0.25) is 0 Å². The molecule has 2 heterocycles. The van der Waals surface area contributed by atoms with Crippen LogP contribution in [0.15, 0.2) is 6.07 Å². The molecule has 6 heteroatoms. The molecule has 1 fully saturated rings. The van der Waals surface area contributed by atoms with Crippen LogP contribution in [-0.4, -0.2) is 40.2 Å². The van der Waals surface area contributed by atoms with Crippen LogP contribution >= 0.6 is 12.4 Å². The summed E-state index contributed by atoms with van der Waals surface area (Å²) in [5.74, 6) is 0.663. The number of carbonyl (C=O) groups is 1. The van der Waals surface area contributed by atoms with Crippen molar-refractivity contribution in [2.24, 2.45) is 18.7 Å². The monoisotopic (exact) mass is 272 g/mol. The molecule has 1 aliphatic heterocycles. The lowest BCUT2D eigenvalue weighted by atomic mass is 9.97. The van der Waals surface area contributed by atoms with Gasteiger partial charge in [-0.25, -0.2) is 0 Å². The highest BCUT2D eigenvalue weighted by Gasteiger charge is 2.24. The molecular weight excluding hydrogens is 252 g/mol. The second-order valence-corrected chi connectivity index (χ2v) is 4.77. The molecule has 0 radical (unpaired) electrons. The van der Waals surface area contributed by atoms with Crippen molar-refractivity contribution in [2.75, 3.05) is 19.6 Å². The van der Waals surface area contributed by atoms with E-state index >= 15 is 0 Å². The molecule has 0 spiro atoms. The van der Waals surface area contributed by atoms with Gasteiger partial charge in [-0.2, -0.15) is 5.10 Å². The van der Waals surface area contributed by atoms with E-state index < -0.39 is 0 Å². The van der Waals surface area contributed by atoms with Gasteiger partial charge in [-0.15, -0.1) is 12.4 Å². The molecule has 18 heavy (non-hydrogen) atoms. The zero-order chi connectivity index (χ0) is 12.4. The molecule has 0 atom stereocenters. The minimum atomic E-state index is 0. The van der Waals surface area contributed by atoms with E-state index in [9.17, 15) is 4.79 Å². The summed E-state index contributed by atoms with van der Waals surface area (Å²) in [6, 6.07) is 1.84. The van der Waals surface area contributed by atoms with Gasteiger partial charge in [-0.1, -0.05) is 0 Å². The molecule has 1 saturated heterocycles. The lowest BCUT2D eigenvalue weighted by molar-refractivity contribution is 0.0682. The van der Waals surface area contributed by atoms with Crippen molar-refractivity contribution < 1.29 is 4.79 Å². The molecule has 0 bridgehead atoms. The highest BCUT2D eigenvalue weighted by atomic mass is 35.5. The lowest BCUT2D eigenvalue weighted by Gasteiger charge is -2.31. The predicted molar refractivity (Wildman–Crippen MR) is 72.9 cm³/mol. The van der Waals surface area contributed by atoms with Gasteiger partial charge in [0.05, 0.1) is 5.69 Å². The van der Waals surface area contributed by atoms with Crippen molar-refractivity contribution in [2.45, 2.75) is 19.8 Å². The van der Waals surface area contributed by atoms with Crippen molar-refractivity contribution in [3.8, 4) is 0 Å². The standard InChI is InChI=1S/C12H20N4O.ClH/c1-9-7-11(15(2)14-9)12(17)16-5-3-10(8-13)4-6-16;/h7,10H,3-6,8,13H2,1-2H3;1H. The number of hydrogen-bond donors (Lipinski definition) is 1. The molecule has 1 amide bonds. The summed E-state index contributed by atoms with van der Waals surface area (Å²) in [6.07, 6.45) is 2.03. The van der Waals surface area contributed by atoms with Gasteiger partial charge < -0.3 is 10.6 Å². The minimum absolute atomic E-state index is 0. The molecular formula is C12H21ClN4O. The fraction of sp³-hybridized carbons (Fsp3) is 0.667. The van der Waals surface area contributed by atoms with E-state index in [1.165, 1.54) is 0 Å². The van der Waals surface area contributed by atoms with Crippen LogP contribution in [0.25, 0.3) is 0 Å². The maximum Gasteiger partial charge on any atom is 0.272 e. The Bertz CT molecular complexity index is 410.